The average Bonchev–Trinajstić information content (AvgIpc) is 2.86. The molecule has 0 unspecified atom stereocenters. The van der Waals surface area contributed by atoms with E-state index in [1.807, 2.05) is 0 Å². The summed E-state index contributed by atoms with van der Waals surface area (Å²) < 4.78 is 64.2. The van der Waals surface area contributed by atoms with Crippen LogP contribution in [0.1, 0.15) is 16.1 Å². The van der Waals surface area contributed by atoms with Crippen LogP contribution >= 0.6 is 0 Å². The molecule has 148 valence electrons. The molecule has 3 aromatic rings. The van der Waals surface area contributed by atoms with E-state index in [9.17, 15) is 26.0 Å². The molecule has 29 heavy (non-hydrogen) atoms. The van der Waals surface area contributed by atoms with Gasteiger partial charge in [0, 0.05) is 11.3 Å². The number of benzene rings is 2. The normalized spacial score (nSPS) is 16.4. The summed E-state index contributed by atoms with van der Waals surface area (Å²) in [6.07, 6.45) is 0.928. The number of sulfonamides is 2. The van der Waals surface area contributed by atoms with E-state index < -0.39 is 25.9 Å². The number of hydrogen-bond donors (Lipinski definition) is 0. The second-order valence-electron chi connectivity index (χ2n) is 6.27. The fourth-order valence-corrected chi connectivity index (χ4v) is 7.46. The lowest BCUT2D eigenvalue weighted by Crippen LogP contribution is -2.30. The summed E-state index contributed by atoms with van der Waals surface area (Å²) in [4.78, 5) is 15.6. The van der Waals surface area contributed by atoms with Gasteiger partial charge in [-0.2, -0.15) is 20.5 Å². The van der Waals surface area contributed by atoms with E-state index in [0.29, 0.717) is 9.40 Å². The summed E-state index contributed by atoms with van der Waals surface area (Å²) >= 11 is 0. The van der Waals surface area contributed by atoms with Crippen molar-refractivity contribution in [3.63, 3.8) is 0 Å². The van der Waals surface area contributed by atoms with E-state index in [1.54, 1.807) is 0 Å². The quantitative estimate of drug-likeness (QED) is 0.587. The molecule has 1 aliphatic heterocycles. The Labute approximate surface area is 166 Å². The first-order valence-corrected chi connectivity index (χ1v) is 11.2. The van der Waals surface area contributed by atoms with Crippen LogP contribution in [-0.2, 0) is 26.5 Å². The molecule has 0 saturated carbocycles. The van der Waals surface area contributed by atoms with Crippen LogP contribution in [0.3, 0.4) is 0 Å². The molecule has 0 radical (unpaired) electrons. The molecule has 1 aliphatic rings. The third-order valence-electron chi connectivity index (χ3n) is 4.37. The van der Waals surface area contributed by atoms with Crippen LogP contribution in [0.5, 0.6) is 0 Å². The largest absolute Gasteiger partial charge is 0.294 e. The summed E-state index contributed by atoms with van der Waals surface area (Å²) in [5.74, 6) is -0.842. The van der Waals surface area contributed by atoms with E-state index in [1.165, 1.54) is 60.7 Å². The zero-order chi connectivity index (χ0) is 20.8. The average molecular weight is 432 g/mol. The Morgan fingerprint density at radius 2 is 1.45 bits per heavy atom. The molecule has 2 heterocycles. The number of pyridine rings is 1. The Bertz CT molecular complexity index is 1270. The van der Waals surface area contributed by atoms with Gasteiger partial charge >= 0.3 is 0 Å². The van der Waals surface area contributed by atoms with Gasteiger partial charge < -0.3 is 0 Å². The number of Topliss-reactive ketones (excluding diaryl/α,β-unsaturated/α-hetero) is 1. The number of halogens is 1. The predicted octanol–water partition coefficient (Wildman–Crippen LogP) is 2.54. The fourth-order valence-electron chi connectivity index (χ4n) is 3.01. The third kappa shape index (κ3) is 3.19. The first-order valence-electron chi connectivity index (χ1n) is 8.34. The van der Waals surface area contributed by atoms with E-state index in [0.717, 1.165) is 6.20 Å². The molecule has 7 nitrogen and oxygen atoms in total. The van der Waals surface area contributed by atoms with Gasteiger partial charge in [-0.1, -0.05) is 12.1 Å². The standard InChI is InChI=1S/C19H13FN2O5S2/c20-14-7-8-15(21-12-14)11-17(23)13-5-9-16(10-6-13)22-28(24,25)18-3-1-2-4-19(18)29(22,26)27/h1-10,12H,11H2. The van der Waals surface area contributed by atoms with Crippen molar-refractivity contribution in [1.82, 2.24) is 4.98 Å². The van der Waals surface area contributed by atoms with Crippen molar-refractivity contribution in [2.75, 3.05) is 3.71 Å². The summed E-state index contributed by atoms with van der Waals surface area (Å²) in [6.45, 7) is 0. The Balaban J connectivity index is 1.65. The van der Waals surface area contributed by atoms with Gasteiger partial charge in [0.05, 0.1) is 18.3 Å². The van der Waals surface area contributed by atoms with E-state index in [2.05, 4.69) is 4.98 Å². The van der Waals surface area contributed by atoms with Crippen LogP contribution in [0.4, 0.5) is 10.1 Å². The van der Waals surface area contributed by atoms with Crippen molar-refractivity contribution in [3.8, 4) is 0 Å². The summed E-state index contributed by atoms with van der Waals surface area (Å²) in [5.41, 5.74) is 0.518. The summed E-state index contributed by atoms with van der Waals surface area (Å²) in [5, 5.41) is 0. The van der Waals surface area contributed by atoms with Crippen LogP contribution in [0.2, 0.25) is 0 Å². The SMILES string of the molecule is O=C(Cc1ccc(F)cn1)c1ccc(N2S(=O)(=O)c3ccccc3S2(=O)=O)cc1. The number of fused-ring (bicyclic) bond motifs is 1. The van der Waals surface area contributed by atoms with Gasteiger partial charge in [-0.15, -0.1) is 0 Å². The number of ketones is 1. The van der Waals surface area contributed by atoms with Gasteiger partial charge in [0.15, 0.2) is 5.78 Å². The fraction of sp³-hybridized carbons (Fsp3) is 0.0526. The third-order valence-corrected chi connectivity index (χ3v) is 8.80. The van der Waals surface area contributed by atoms with Crippen molar-refractivity contribution < 1.29 is 26.0 Å². The molecular weight excluding hydrogens is 419 g/mol. The summed E-state index contributed by atoms with van der Waals surface area (Å²) in [6, 6.07) is 13.1. The molecule has 4 rings (SSSR count). The monoisotopic (exact) mass is 432 g/mol. The number of carbonyl (C=O) groups is 1. The highest BCUT2D eigenvalue weighted by Gasteiger charge is 2.47. The lowest BCUT2D eigenvalue weighted by molar-refractivity contribution is 0.0992. The van der Waals surface area contributed by atoms with Crippen LogP contribution in [0, 0.1) is 5.82 Å². The zero-order valence-electron chi connectivity index (χ0n) is 14.7. The second kappa shape index (κ2) is 6.75. The van der Waals surface area contributed by atoms with Gasteiger partial charge in [-0.25, -0.2) is 4.39 Å². The number of aromatic nitrogens is 1. The van der Waals surface area contributed by atoms with Crippen LogP contribution in [0.25, 0.3) is 0 Å². The molecule has 0 amide bonds. The number of nitrogens with zero attached hydrogens (tertiary/aromatic N) is 2. The van der Waals surface area contributed by atoms with Crippen molar-refractivity contribution in [2.45, 2.75) is 16.2 Å². The van der Waals surface area contributed by atoms with Gasteiger partial charge in [-0.3, -0.25) is 9.78 Å². The Morgan fingerprint density at radius 1 is 0.862 bits per heavy atom. The van der Waals surface area contributed by atoms with Crippen molar-refractivity contribution in [2.24, 2.45) is 0 Å². The van der Waals surface area contributed by atoms with Gasteiger partial charge in [0.1, 0.15) is 15.6 Å². The lowest BCUT2D eigenvalue weighted by Gasteiger charge is -2.16. The number of hydrogen-bond acceptors (Lipinski definition) is 6. The van der Waals surface area contributed by atoms with Gasteiger partial charge in [0.25, 0.3) is 20.0 Å². The molecule has 0 bridgehead atoms. The first-order chi connectivity index (χ1) is 13.7. The molecular formula is C19H13FN2O5S2. The number of carbonyl (C=O) groups excluding carboxylic acids is 1. The first kappa shape index (κ1) is 19.2. The number of anilines is 1. The van der Waals surface area contributed by atoms with Crippen molar-refractivity contribution in [1.29, 1.82) is 0 Å². The number of rotatable bonds is 4. The Kier molecular flexibility index (Phi) is 4.47. The highest BCUT2D eigenvalue weighted by atomic mass is 32.3. The van der Waals surface area contributed by atoms with Crippen LogP contribution in [-0.4, -0.2) is 27.6 Å². The molecule has 0 aliphatic carbocycles. The minimum absolute atomic E-state index is 0.0780. The smallest absolute Gasteiger partial charge is 0.279 e. The minimum Gasteiger partial charge on any atom is -0.294 e. The molecule has 0 fully saturated rings. The molecule has 10 heteroatoms. The molecule has 2 aromatic carbocycles. The second-order valence-corrected chi connectivity index (χ2v) is 10.0. The maximum atomic E-state index is 12.9. The highest BCUT2D eigenvalue weighted by Crippen LogP contribution is 2.39. The van der Waals surface area contributed by atoms with E-state index >= 15 is 0 Å². The van der Waals surface area contributed by atoms with Crippen molar-refractivity contribution in [3.05, 3.63) is 83.9 Å². The molecule has 0 N–H and O–H groups in total. The maximum absolute atomic E-state index is 12.9. The zero-order valence-corrected chi connectivity index (χ0v) is 16.3. The minimum atomic E-state index is -4.28. The molecule has 0 saturated heterocycles. The Hall–Kier alpha value is -3.11. The van der Waals surface area contributed by atoms with Crippen LogP contribution < -0.4 is 3.71 Å². The topological polar surface area (TPSA) is 101 Å². The molecule has 0 atom stereocenters. The Morgan fingerprint density at radius 3 is 1.97 bits per heavy atom. The predicted molar refractivity (Wildman–Crippen MR) is 102 cm³/mol. The summed E-state index contributed by atoms with van der Waals surface area (Å²) in [7, 11) is -8.56. The molecule has 1 aromatic heterocycles. The van der Waals surface area contributed by atoms with Gasteiger partial charge in [0.2, 0.25) is 0 Å². The van der Waals surface area contributed by atoms with Crippen molar-refractivity contribution >= 4 is 31.5 Å². The molecule has 0 spiro atoms. The van der Waals surface area contributed by atoms with Gasteiger partial charge in [-0.05, 0) is 48.5 Å². The maximum Gasteiger partial charge on any atom is 0.279 e. The van der Waals surface area contributed by atoms with E-state index in [4.69, 9.17) is 0 Å². The van der Waals surface area contributed by atoms with Crippen LogP contribution in [0.15, 0.2) is 76.7 Å². The highest BCUT2D eigenvalue weighted by molar-refractivity contribution is 8.12. The van der Waals surface area contributed by atoms with E-state index in [-0.39, 0.29) is 33.2 Å². The lowest BCUT2D eigenvalue weighted by atomic mass is 10.1.